The summed E-state index contributed by atoms with van der Waals surface area (Å²) < 4.78 is 34.3. The highest BCUT2D eigenvalue weighted by Crippen LogP contribution is 2.43. The number of phosphoric acid groups is 1. The third kappa shape index (κ3) is 44.4. The van der Waals surface area contributed by atoms with Gasteiger partial charge in [0.1, 0.15) is 19.8 Å². The van der Waals surface area contributed by atoms with E-state index in [-0.39, 0.29) is 25.6 Å². The first-order chi connectivity index (χ1) is 27.5. The van der Waals surface area contributed by atoms with Crippen molar-refractivity contribution >= 4 is 19.8 Å². The molecule has 1 N–H and O–H groups in total. The highest BCUT2D eigenvalue weighted by Gasteiger charge is 2.27. The van der Waals surface area contributed by atoms with Gasteiger partial charge in [-0.1, -0.05) is 213 Å². The van der Waals surface area contributed by atoms with Gasteiger partial charge in [-0.3, -0.25) is 18.6 Å². The van der Waals surface area contributed by atoms with Gasteiger partial charge in [-0.15, -0.1) is 0 Å². The van der Waals surface area contributed by atoms with Crippen molar-refractivity contribution in [3.63, 3.8) is 0 Å². The maximum absolute atomic E-state index is 12.7. The molecule has 0 aliphatic rings. The Morgan fingerprint density at radius 2 is 0.789 bits per heavy atom. The van der Waals surface area contributed by atoms with Gasteiger partial charge in [0.15, 0.2) is 6.10 Å². The van der Waals surface area contributed by atoms with Crippen molar-refractivity contribution in [3.8, 4) is 0 Å². The van der Waals surface area contributed by atoms with E-state index in [0.29, 0.717) is 17.4 Å². The standard InChI is InChI=1S/C47H94NO8P/c1-6-8-10-12-14-16-18-19-20-21-22-23-24-25-26-27-28-29-30-32-34-36-38-40-47(50)56-45(44-55-57(51,52)54-42-41-48(3,4)5)43-53-46(49)39-37-35-33-31-17-15-13-11-9-7-2/h45H,6-44H2,1-5H3/p+1/t45-/m1/s1. The molecule has 0 saturated heterocycles. The number of esters is 2. The van der Waals surface area contributed by atoms with Crippen LogP contribution in [0.4, 0.5) is 0 Å². The molecule has 0 radical (unpaired) electrons. The molecule has 0 aromatic rings. The maximum Gasteiger partial charge on any atom is 0.472 e. The molecule has 0 aliphatic carbocycles. The topological polar surface area (TPSA) is 108 Å². The average Bonchev–Trinajstić information content (AvgIpc) is 3.16. The molecule has 340 valence electrons. The summed E-state index contributed by atoms with van der Waals surface area (Å²) in [5.74, 6) is -0.784. The molecular weight excluding hydrogens is 737 g/mol. The first-order valence-electron chi connectivity index (χ1n) is 24.3. The van der Waals surface area contributed by atoms with Crippen molar-refractivity contribution in [3.05, 3.63) is 0 Å². The molecule has 0 aromatic carbocycles. The normalized spacial score (nSPS) is 13.4. The minimum atomic E-state index is -4.37. The van der Waals surface area contributed by atoms with Crippen LogP contribution in [-0.2, 0) is 32.7 Å². The van der Waals surface area contributed by atoms with Gasteiger partial charge in [0.05, 0.1) is 27.7 Å². The molecule has 0 spiro atoms. The summed E-state index contributed by atoms with van der Waals surface area (Å²) in [6.45, 7) is 4.45. The van der Waals surface area contributed by atoms with E-state index in [2.05, 4.69) is 13.8 Å². The summed E-state index contributed by atoms with van der Waals surface area (Å²) in [7, 11) is 1.49. The zero-order valence-corrected chi connectivity index (χ0v) is 39.2. The second-order valence-electron chi connectivity index (χ2n) is 17.9. The van der Waals surface area contributed by atoms with Crippen LogP contribution in [0, 0.1) is 0 Å². The predicted octanol–water partition coefficient (Wildman–Crippen LogP) is 14.0. The van der Waals surface area contributed by atoms with Gasteiger partial charge in [-0.2, -0.15) is 0 Å². The quantitative estimate of drug-likeness (QED) is 0.0280. The maximum atomic E-state index is 12.7. The highest BCUT2D eigenvalue weighted by atomic mass is 31.2. The number of phosphoric ester groups is 1. The summed E-state index contributed by atoms with van der Waals surface area (Å²) >= 11 is 0. The Kier molecular flexibility index (Phi) is 39.7. The zero-order chi connectivity index (χ0) is 42.1. The number of carbonyl (C=O) groups excluding carboxylic acids is 2. The van der Waals surface area contributed by atoms with Crippen LogP contribution in [-0.4, -0.2) is 74.9 Å². The van der Waals surface area contributed by atoms with E-state index in [4.69, 9.17) is 18.5 Å². The molecule has 9 nitrogen and oxygen atoms in total. The Bertz CT molecular complexity index is 943. The van der Waals surface area contributed by atoms with E-state index in [0.717, 1.165) is 38.5 Å². The van der Waals surface area contributed by atoms with E-state index < -0.39 is 26.5 Å². The van der Waals surface area contributed by atoms with Crippen LogP contribution in [0.5, 0.6) is 0 Å². The van der Waals surface area contributed by atoms with E-state index in [1.165, 1.54) is 173 Å². The highest BCUT2D eigenvalue weighted by molar-refractivity contribution is 7.47. The molecule has 0 amide bonds. The number of carbonyl (C=O) groups is 2. The van der Waals surface area contributed by atoms with E-state index in [1.807, 2.05) is 21.1 Å². The molecule has 10 heteroatoms. The van der Waals surface area contributed by atoms with Crippen molar-refractivity contribution in [2.45, 2.75) is 245 Å². The smallest absolute Gasteiger partial charge is 0.462 e. The van der Waals surface area contributed by atoms with Gasteiger partial charge in [0.2, 0.25) is 0 Å². The number of hydrogen-bond donors (Lipinski definition) is 1. The van der Waals surface area contributed by atoms with Crippen molar-refractivity contribution in [2.24, 2.45) is 0 Å². The Morgan fingerprint density at radius 1 is 0.474 bits per heavy atom. The average molecular weight is 833 g/mol. The number of rotatable bonds is 45. The number of nitrogens with zero attached hydrogens (tertiary/aromatic N) is 1. The summed E-state index contributed by atoms with van der Waals surface area (Å²) in [6.07, 6.45) is 41.6. The van der Waals surface area contributed by atoms with Crippen molar-refractivity contribution < 1.29 is 42.1 Å². The fourth-order valence-electron chi connectivity index (χ4n) is 7.08. The SMILES string of the molecule is CCCCCCCCCCCCCCCCCCCCCCCCCC(=O)O[C@H](COC(=O)CCCCCCCCCCCC)COP(=O)(O)OCC[N+](C)(C)C. The molecule has 0 aromatic heterocycles. The van der Waals surface area contributed by atoms with Crippen LogP contribution in [0.15, 0.2) is 0 Å². The lowest BCUT2D eigenvalue weighted by Gasteiger charge is -2.24. The monoisotopic (exact) mass is 833 g/mol. The van der Waals surface area contributed by atoms with Crippen LogP contribution in [0.2, 0.25) is 0 Å². The number of quaternary nitrogens is 1. The van der Waals surface area contributed by atoms with Gasteiger partial charge in [0, 0.05) is 12.8 Å². The van der Waals surface area contributed by atoms with Crippen LogP contribution in [0.3, 0.4) is 0 Å². The lowest BCUT2D eigenvalue weighted by Crippen LogP contribution is -2.37. The van der Waals surface area contributed by atoms with Gasteiger partial charge < -0.3 is 18.9 Å². The fourth-order valence-corrected chi connectivity index (χ4v) is 7.82. The third-order valence-corrected chi connectivity index (χ3v) is 11.9. The first-order valence-corrected chi connectivity index (χ1v) is 25.8. The Labute approximate surface area is 353 Å². The lowest BCUT2D eigenvalue weighted by atomic mass is 10.0. The lowest BCUT2D eigenvalue weighted by molar-refractivity contribution is -0.870. The summed E-state index contributed by atoms with van der Waals surface area (Å²) in [5, 5.41) is 0. The van der Waals surface area contributed by atoms with Gasteiger partial charge in [-0.05, 0) is 12.8 Å². The van der Waals surface area contributed by atoms with Crippen LogP contribution in [0.1, 0.15) is 239 Å². The number of ether oxygens (including phenoxy) is 2. The van der Waals surface area contributed by atoms with Crippen LogP contribution in [0.25, 0.3) is 0 Å². The largest absolute Gasteiger partial charge is 0.472 e. The minimum Gasteiger partial charge on any atom is -0.462 e. The number of hydrogen-bond acceptors (Lipinski definition) is 7. The molecule has 0 aliphatic heterocycles. The van der Waals surface area contributed by atoms with Gasteiger partial charge >= 0.3 is 19.8 Å². The minimum absolute atomic E-state index is 0.0368. The van der Waals surface area contributed by atoms with Crippen molar-refractivity contribution in [2.75, 3.05) is 47.5 Å². The fraction of sp³-hybridized carbons (Fsp3) is 0.957. The number of likely N-dealkylation sites (N-methyl/N-ethyl adjacent to an activating group) is 1. The van der Waals surface area contributed by atoms with E-state index >= 15 is 0 Å². The second-order valence-corrected chi connectivity index (χ2v) is 19.3. The molecule has 0 saturated carbocycles. The Hall–Kier alpha value is -0.990. The second kappa shape index (κ2) is 40.4. The zero-order valence-electron chi connectivity index (χ0n) is 38.4. The third-order valence-electron chi connectivity index (χ3n) is 10.9. The van der Waals surface area contributed by atoms with Gasteiger partial charge in [-0.25, -0.2) is 4.57 Å². The number of unbranched alkanes of at least 4 members (excludes halogenated alkanes) is 31. The summed E-state index contributed by atoms with van der Waals surface area (Å²) in [6, 6.07) is 0. The molecule has 0 bridgehead atoms. The molecular formula is C47H95NO8P+. The van der Waals surface area contributed by atoms with E-state index in [1.54, 1.807) is 0 Å². The molecule has 0 fully saturated rings. The van der Waals surface area contributed by atoms with Crippen molar-refractivity contribution in [1.82, 2.24) is 0 Å². The summed E-state index contributed by atoms with van der Waals surface area (Å²) in [4.78, 5) is 35.3. The predicted molar refractivity (Wildman–Crippen MR) is 238 cm³/mol. The van der Waals surface area contributed by atoms with E-state index in [9.17, 15) is 19.0 Å². The van der Waals surface area contributed by atoms with Crippen LogP contribution < -0.4 is 0 Å². The summed E-state index contributed by atoms with van der Waals surface area (Å²) in [5.41, 5.74) is 0. The Balaban J connectivity index is 4.13. The first kappa shape index (κ1) is 56.0. The van der Waals surface area contributed by atoms with Crippen LogP contribution >= 0.6 is 7.82 Å². The molecule has 0 heterocycles. The van der Waals surface area contributed by atoms with Gasteiger partial charge in [0.25, 0.3) is 0 Å². The molecule has 0 rings (SSSR count). The molecule has 57 heavy (non-hydrogen) atoms. The van der Waals surface area contributed by atoms with Crippen molar-refractivity contribution in [1.29, 1.82) is 0 Å². The molecule has 2 atom stereocenters. The molecule has 1 unspecified atom stereocenters. The Morgan fingerprint density at radius 3 is 1.12 bits per heavy atom.